The second kappa shape index (κ2) is 6.48. The van der Waals surface area contributed by atoms with Gasteiger partial charge in [-0.25, -0.2) is 0 Å². The third-order valence-corrected chi connectivity index (χ3v) is 4.60. The van der Waals surface area contributed by atoms with E-state index >= 15 is 0 Å². The molecule has 0 bridgehead atoms. The summed E-state index contributed by atoms with van der Waals surface area (Å²) in [6, 6.07) is 31.9. The average Bonchev–Trinajstić information content (AvgIpc) is 2.70. The molecular weight excluding hydrogens is 294 g/mol. The van der Waals surface area contributed by atoms with Gasteiger partial charge in [0.2, 0.25) is 0 Å². The maximum atomic E-state index is 3.73. The molecule has 3 aromatic rings. The maximum Gasteiger partial charge on any atom is 0.146 e. The summed E-state index contributed by atoms with van der Waals surface area (Å²) in [5, 5.41) is 7.17. The molecule has 0 aromatic heterocycles. The van der Waals surface area contributed by atoms with E-state index in [1.807, 2.05) is 0 Å². The fraction of sp³-hybridized carbons (Fsp3) is 0.143. The van der Waals surface area contributed by atoms with Crippen molar-refractivity contribution in [3.63, 3.8) is 0 Å². The Balaban J connectivity index is 1.94. The van der Waals surface area contributed by atoms with Gasteiger partial charge in [-0.3, -0.25) is 10.6 Å². The molecule has 4 rings (SSSR count). The summed E-state index contributed by atoms with van der Waals surface area (Å²) in [4.78, 5) is 2.39. The summed E-state index contributed by atoms with van der Waals surface area (Å²) in [5.74, 6) is 0. The van der Waals surface area contributed by atoms with E-state index in [1.54, 1.807) is 0 Å². The number of hydrogen-bond donors (Lipinski definition) is 2. The van der Waals surface area contributed by atoms with Crippen LogP contribution in [0.15, 0.2) is 91.0 Å². The molecule has 2 N–H and O–H groups in total. The van der Waals surface area contributed by atoms with E-state index in [1.165, 1.54) is 16.8 Å². The van der Waals surface area contributed by atoms with Crippen molar-refractivity contribution in [3.8, 4) is 0 Å². The van der Waals surface area contributed by atoms with Crippen LogP contribution >= 0.6 is 0 Å². The Morgan fingerprint density at radius 1 is 0.667 bits per heavy atom. The van der Waals surface area contributed by atoms with Crippen LogP contribution < -0.4 is 15.5 Å². The van der Waals surface area contributed by atoms with Crippen LogP contribution in [0.1, 0.15) is 11.1 Å². The lowest BCUT2D eigenvalue weighted by Crippen LogP contribution is -2.66. The summed E-state index contributed by atoms with van der Waals surface area (Å²) in [6.07, 6.45) is 0. The van der Waals surface area contributed by atoms with Crippen molar-refractivity contribution in [2.45, 2.75) is 5.66 Å². The van der Waals surface area contributed by atoms with Gasteiger partial charge in [-0.05, 0) is 23.3 Å². The molecule has 0 atom stereocenters. The predicted molar refractivity (Wildman–Crippen MR) is 98.6 cm³/mol. The zero-order valence-electron chi connectivity index (χ0n) is 13.5. The number of benzene rings is 3. The molecule has 0 unspecified atom stereocenters. The van der Waals surface area contributed by atoms with Gasteiger partial charge in [0.15, 0.2) is 0 Å². The lowest BCUT2D eigenvalue weighted by atomic mass is 9.88. The van der Waals surface area contributed by atoms with Crippen LogP contribution in [0.3, 0.4) is 0 Å². The van der Waals surface area contributed by atoms with Crippen molar-refractivity contribution in [1.82, 2.24) is 10.6 Å². The lowest BCUT2D eigenvalue weighted by Gasteiger charge is -2.50. The maximum absolute atomic E-state index is 3.73. The van der Waals surface area contributed by atoms with E-state index in [-0.39, 0.29) is 0 Å². The number of anilines is 1. The summed E-state index contributed by atoms with van der Waals surface area (Å²) in [6.45, 7) is 1.54. The molecule has 0 saturated carbocycles. The van der Waals surface area contributed by atoms with Gasteiger partial charge in [0.05, 0.1) is 6.67 Å². The topological polar surface area (TPSA) is 27.3 Å². The summed E-state index contributed by atoms with van der Waals surface area (Å²) >= 11 is 0. The van der Waals surface area contributed by atoms with Crippen molar-refractivity contribution in [3.05, 3.63) is 102 Å². The number of nitrogens with zero attached hydrogens (tertiary/aromatic N) is 1. The standard InChI is InChI=1S/C21H21N3/c1-4-10-18(11-5-1)21(19-12-6-2-7-13-19)23-16-22-17-24(21)20-14-8-3-9-15-20/h1-15,22-23H,16-17H2. The van der Waals surface area contributed by atoms with Crippen molar-refractivity contribution in [2.24, 2.45) is 0 Å². The van der Waals surface area contributed by atoms with E-state index in [2.05, 4.69) is 107 Å². The molecule has 1 fully saturated rings. The van der Waals surface area contributed by atoms with Gasteiger partial charge >= 0.3 is 0 Å². The van der Waals surface area contributed by atoms with Crippen LogP contribution in [0.5, 0.6) is 0 Å². The van der Waals surface area contributed by atoms with E-state index in [0.29, 0.717) is 0 Å². The predicted octanol–water partition coefficient (Wildman–Crippen LogP) is 3.50. The highest BCUT2D eigenvalue weighted by atomic mass is 15.4. The highest BCUT2D eigenvalue weighted by Crippen LogP contribution is 2.37. The Morgan fingerprint density at radius 3 is 1.71 bits per heavy atom. The number of hydrogen-bond acceptors (Lipinski definition) is 3. The normalized spacial score (nSPS) is 16.8. The molecule has 1 aliphatic heterocycles. The first-order chi connectivity index (χ1) is 11.9. The summed E-state index contributed by atoms with van der Waals surface area (Å²) in [5.41, 5.74) is 3.27. The fourth-order valence-electron chi connectivity index (χ4n) is 3.51. The zero-order chi connectivity index (χ0) is 16.2. The molecule has 0 spiro atoms. The van der Waals surface area contributed by atoms with E-state index in [0.717, 1.165) is 13.3 Å². The Labute approximate surface area is 142 Å². The summed E-state index contributed by atoms with van der Waals surface area (Å²) in [7, 11) is 0. The minimum absolute atomic E-state index is 0.394. The van der Waals surface area contributed by atoms with Gasteiger partial charge in [0, 0.05) is 12.4 Å². The largest absolute Gasteiger partial charge is 0.333 e. The van der Waals surface area contributed by atoms with Gasteiger partial charge in [-0.1, -0.05) is 78.9 Å². The van der Waals surface area contributed by atoms with E-state index in [9.17, 15) is 0 Å². The van der Waals surface area contributed by atoms with Crippen molar-refractivity contribution in [2.75, 3.05) is 18.2 Å². The number of nitrogens with one attached hydrogen (secondary N) is 2. The van der Waals surface area contributed by atoms with Crippen LogP contribution in [0.25, 0.3) is 0 Å². The monoisotopic (exact) mass is 315 g/mol. The molecule has 1 aliphatic rings. The molecule has 1 saturated heterocycles. The Bertz CT molecular complexity index is 732. The van der Waals surface area contributed by atoms with Crippen LogP contribution in [0.2, 0.25) is 0 Å². The second-order valence-corrected chi connectivity index (χ2v) is 5.97. The van der Waals surface area contributed by atoms with E-state index < -0.39 is 5.66 Å². The summed E-state index contributed by atoms with van der Waals surface area (Å²) < 4.78 is 0. The quantitative estimate of drug-likeness (QED) is 0.774. The van der Waals surface area contributed by atoms with Crippen molar-refractivity contribution < 1.29 is 0 Å². The smallest absolute Gasteiger partial charge is 0.146 e. The van der Waals surface area contributed by atoms with Gasteiger partial charge in [0.25, 0.3) is 0 Å². The minimum atomic E-state index is -0.394. The van der Waals surface area contributed by atoms with Crippen LogP contribution in [0.4, 0.5) is 5.69 Å². The fourth-order valence-corrected chi connectivity index (χ4v) is 3.51. The van der Waals surface area contributed by atoms with Crippen LogP contribution in [0, 0.1) is 0 Å². The molecule has 1 heterocycles. The first kappa shape index (κ1) is 14.9. The number of para-hydroxylation sites is 1. The Hall–Kier alpha value is -2.62. The number of rotatable bonds is 3. The zero-order valence-corrected chi connectivity index (χ0v) is 13.5. The lowest BCUT2D eigenvalue weighted by molar-refractivity contribution is 0.304. The molecule has 0 amide bonds. The van der Waals surface area contributed by atoms with Crippen LogP contribution in [-0.4, -0.2) is 13.3 Å². The van der Waals surface area contributed by atoms with Gasteiger partial charge in [0.1, 0.15) is 5.66 Å². The first-order valence-electron chi connectivity index (χ1n) is 8.31. The highest BCUT2D eigenvalue weighted by Gasteiger charge is 2.42. The van der Waals surface area contributed by atoms with Crippen LogP contribution in [-0.2, 0) is 5.66 Å². The van der Waals surface area contributed by atoms with E-state index in [4.69, 9.17) is 0 Å². The van der Waals surface area contributed by atoms with Crippen molar-refractivity contribution >= 4 is 5.69 Å². The van der Waals surface area contributed by atoms with Gasteiger partial charge in [-0.2, -0.15) is 0 Å². The third-order valence-electron chi connectivity index (χ3n) is 4.60. The SMILES string of the molecule is c1ccc(N2CNCNC2(c2ccccc2)c2ccccc2)cc1. The molecule has 0 aliphatic carbocycles. The molecular formula is C21H21N3. The molecule has 3 nitrogen and oxygen atoms in total. The van der Waals surface area contributed by atoms with Crippen molar-refractivity contribution in [1.29, 1.82) is 0 Å². The van der Waals surface area contributed by atoms with Gasteiger partial charge in [-0.15, -0.1) is 0 Å². The average molecular weight is 315 g/mol. The Kier molecular flexibility index (Phi) is 4.03. The molecule has 0 radical (unpaired) electrons. The first-order valence-corrected chi connectivity index (χ1v) is 8.31. The molecule has 120 valence electrons. The van der Waals surface area contributed by atoms with Gasteiger partial charge < -0.3 is 4.90 Å². The molecule has 3 heteroatoms. The Morgan fingerprint density at radius 2 is 1.17 bits per heavy atom. The molecule has 3 aromatic carbocycles. The third kappa shape index (κ3) is 2.48. The highest BCUT2D eigenvalue weighted by molar-refractivity contribution is 5.56. The molecule has 24 heavy (non-hydrogen) atoms. The minimum Gasteiger partial charge on any atom is -0.333 e. The second-order valence-electron chi connectivity index (χ2n) is 5.97.